The predicted molar refractivity (Wildman–Crippen MR) is 109 cm³/mol. The Morgan fingerprint density at radius 2 is 2.07 bits per heavy atom. The fraction of sp³-hybridized carbons (Fsp3) is 0.304. The number of ether oxygens (including phenoxy) is 1. The van der Waals surface area contributed by atoms with Crippen molar-refractivity contribution in [3.05, 3.63) is 75.6 Å². The van der Waals surface area contributed by atoms with Crippen LogP contribution in [0.2, 0.25) is 0 Å². The summed E-state index contributed by atoms with van der Waals surface area (Å²) in [5, 5.41) is 10.4. The molecule has 3 rings (SSSR count). The van der Waals surface area contributed by atoms with Crippen LogP contribution in [0, 0.1) is 31.8 Å². The second-order valence-electron chi connectivity index (χ2n) is 7.56. The maximum Gasteiger partial charge on any atom is 0.265 e. The van der Waals surface area contributed by atoms with E-state index in [1.807, 2.05) is 32.1 Å². The molecule has 0 N–H and O–H groups in total. The summed E-state index contributed by atoms with van der Waals surface area (Å²) in [5.74, 6) is 0.665. The number of aryl methyl sites for hydroxylation is 2. The highest BCUT2D eigenvalue weighted by Gasteiger charge is 2.27. The molecule has 0 fully saturated rings. The third-order valence-corrected chi connectivity index (χ3v) is 5.12. The minimum Gasteiger partial charge on any atom is -0.488 e. The average Bonchev–Trinajstić information content (AvgIpc) is 2.84. The fourth-order valence-electron chi connectivity index (χ4n) is 3.52. The van der Waals surface area contributed by atoms with Crippen LogP contribution >= 0.6 is 0 Å². The first-order valence-electron chi connectivity index (χ1n) is 8.91. The Hall–Kier alpha value is -3.24. The van der Waals surface area contributed by atoms with Gasteiger partial charge in [0.2, 0.25) is 0 Å². The standard InChI is InChI=1S/C23H23N3O/c1-15-16(2)26(6)22-10-8-17(11-20(15)22)7-9-19-12-18(21(14-24)25-5)13-23(3,4)27-19/h7-12H,13H2,1-4,6H3/b9-7+,21-18-. The van der Waals surface area contributed by atoms with E-state index in [1.54, 1.807) is 6.08 Å². The van der Waals surface area contributed by atoms with Crippen LogP contribution in [0.4, 0.5) is 0 Å². The second-order valence-corrected chi connectivity index (χ2v) is 7.56. The van der Waals surface area contributed by atoms with Crippen LogP contribution in [-0.4, -0.2) is 10.2 Å². The SMILES string of the molecule is [C-]#[N+]/C(C#N)=C1C=C(/C=C/c2ccc3c(c2)c(C)c(C)n3C)OC(C)(C)C/1. The average molecular weight is 357 g/mol. The Balaban J connectivity index is 1.99. The summed E-state index contributed by atoms with van der Waals surface area (Å²) in [6.07, 6.45) is 6.26. The van der Waals surface area contributed by atoms with Crippen LogP contribution in [0.1, 0.15) is 37.1 Å². The lowest BCUT2D eigenvalue weighted by atomic mass is 9.93. The van der Waals surface area contributed by atoms with Gasteiger partial charge in [0, 0.05) is 30.1 Å². The Morgan fingerprint density at radius 3 is 2.74 bits per heavy atom. The van der Waals surface area contributed by atoms with Gasteiger partial charge in [0.05, 0.1) is 12.6 Å². The minimum absolute atomic E-state index is 0.133. The third kappa shape index (κ3) is 3.52. The highest BCUT2D eigenvalue weighted by molar-refractivity contribution is 5.87. The van der Waals surface area contributed by atoms with Crippen LogP contribution in [-0.2, 0) is 11.8 Å². The number of allylic oxidation sites excluding steroid dienone is 3. The number of benzene rings is 1. The molecule has 4 nitrogen and oxygen atoms in total. The highest BCUT2D eigenvalue weighted by atomic mass is 16.5. The van der Waals surface area contributed by atoms with Crippen LogP contribution in [0.15, 0.2) is 47.4 Å². The van der Waals surface area contributed by atoms with Crippen LogP contribution in [0.25, 0.3) is 21.8 Å². The van der Waals surface area contributed by atoms with Crippen molar-refractivity contribution >= 4 is 17.0 Å². The summed E-state index contributed by atoms with van der Waals surface area (Å²) in [6, 6.07) is 8.38. The molecule has 2 heterocycles. The second kappa shape index (κ2) is 6.82. The van der Waals surface area contributed by atoms with Crippen molar-refractivity contribution in [2.45, 2.75) is 39.7 Å². The summed E-state index contributed by atoms with van der Waals surface area (Å²) in [5.41, 5.74) is 5.27. The first-order valence-corrected chi connectivity index (χ1v) is 8.91. The summed E-state index contributed by atoms with van der Waals surface area (Å²) in [6.45, 7) is 15.4. The quantitative estimate of drug-likeness (QED) is 0.519. The zero-order valence-corrected chi connectivity index (χ0v) is 16.4. The topological polar surface area (TPSA) is 42.3 Å². The number of hydrogen-bond acceptors (Lipinski definition) is 2. The van der Waals surface area contributed by atoms with Crippen molar-refractivity contribution < 1.29 is 4.74 Å². The molecule has 0 radical (unpaired) electrons. The van der Waals surface area contributed by atoms with Gasteiger partial charge in [-0.15, -0.1) is 0 Å². The van der Waals surface area contributed by atoms with Crippen molar-refractivity contribution in [1.82, 2.24) is 4.57 Å². The van der Waals surface area contributed by atoms with Crippen molar-refractivity contribution in [3.8, 4) is 6.07 Å². The molecule has 0 unspecified atom stereocenters. The number of aromatic nitrogens is 1. The number of fused-ring (bicyclic) bond motifs is 1. The Kier molecular flexibility index (Phi) is 4.68. The van der Waals surface area contributed by atoms with Crippen molar-refractivity contribution in [1.29, 1.82) is 5.26 Å². The van der Waals surface area contributed by atoms with Gasteiger partial charge in [-0.05, 0) is 68.7 Å². The molecule has 1 aromatic carbocycles. The van der Waals surface area contributed by atoms with E-state index in [2.05, 4.69) is 48.5 Å². The van der Waals surface area contributed by atoms with Gasteiger partial charge < -0.3 is 9.30 Å². The first kappa shape index (κ1) is 18.5. The zero-order valence-electron chi connectivity index (χ0n) is 16.4. The zero-order chi connectivity index (χ0) is 19.8. The third-order valence-electron chi connectivity index (χ3n) is 5.12. The summed E-state index contributed by atoms with van der Waals surface area (Å²) in [4.78, 5) is 3.34. The predicted octanol–water partition coefficient (Wildman–Crippen LogP) is 5.59. The molecule has 1 aromatic heterocycles. The van der Waals surface area contributed by atoms with E-state index in [9.17, 15) is 5.26 Å². The molecule has 0 bridgehead atoms. The largest absolute Gasteiger partial charge is 0.488 e. The van der Waals surface area contributed by atoms with Gasteiger partial charge >= 0.3 is 0 Å². The highest BCUT2D eigenvalue weighted by Crippen LogP contribution is 2.33. The molecule has 0 aliphatic carbocycles. The van der Waals surface area contributed by atoms with Gasteiger partial charge in [0.25, 0.3) is 5.70 Å². The maximum atomic E-state index is 9.18. The van der Waals surface area contributed by atoms with Crippen molar-refractivity contribution in [2.75, 3.05) is 0 Å². The number of nitriles is 1. The maximum absolute atomic E-state index is 9.18. The molecule has 1 aliphatic heterocycles. The fourth-order valence-corrected chi connectivity index (χ4v) is 3.52. The van der Waals surface area contributed by atoms with Gasteiger partial charge in [-0.3, -0.25) is 0 Å². The van der Waals surface area contributed by atoms with Gasteiger partial charge in [0.1, 0.15) is 11.4 Å². The number of nitrogens with zero attached hydrogens (tertiary/aromatic N) is 3. The molecule has 2 aromatic rings. The van der Waals surface area contributed by atoms with Crippen molar-refractivity contribution in [3.63, 3.8) is 0 Å². The molecule has 1 aliphatic rings. The normalized spacial score (nSPS) is 18.0. The lowest BCUT2D eigenvalue weighted by molar-refractivity contribution is 0.0356. The molecule has 27 heavy (non-hydrogen) atoms. The Morgan fingerprint density at radius 1 is 1.33 bits per heavy atom. The molecule has 0 saturated heterocycles. The minimum atomic E-state index is -0.451. The monoisotopic (exact) mass is 357 g/mol. The van der Waals surface area contributed by atoms with Crippen LogP contribution in [0.5, 0.6) is 0 Å². The van der Waals surface area contributed by atoms with Gasteiger partial charge in [-0.1, -0.05) is 12.1 Å². The van der Waals surface area contributed by atoms with Crippen LogP contribution in [0.3, 0.4) is 0 Å². The summed E-state index contributed by atoms with van der Waals surface area (Å²) < 4.78 is 8.23. The smallest absolute Gasteiger partial charge is 0.265 e. The molecular weight excluding hydrogens is 334 g/mol. The lowest BCUT2D eigenvalue weighted by Crippen LogP contribution is -2.27. The van der Waals surface area contributed by atoms with E-state index in [0.717, 1.165) is 11.1 Å². The van der Waals surface area contributed by atoms with Crippen LogP contribution < -0.4 is 0 Å². The molecule has 0 saturated carbocycles. The lowest BCUT2D eigenvalue weighted by Gasteiger charge is -2.32. The molecular formula is C23H23N3O. The number of hydrogen-bond donors (Lipinski definition) is 0. The van der Waals surface area contributed by atoms with E-state index in [1.165, 1.54) is 22.2 Å². The van der Waals surface area contributed by atoms with Gasteiger partial charge in [-0.2, -0.15) is 0 Å². The molecule has 0 amide bonds. The number of rotatable bonds is 2. The van der Waals surface area contributed by atoms with Gasteiger partial charge in [-0.25, -0.2) is 10.1 Å². The van der Waals surface area contributed by atoms with E-state index in [4.69, 9.17) is 11.3 Å². The molecule has 136 valence electrons. The first-order chi connectivity index (χ1) is 12.8. The van der Waals surface area contributed by atoms with E-state index >= 15 is 0 Å². The molecule has 0 atom stereocenters. The van der Waals surface area contributed by atoms with E-state index < -0.39 is 5.60 Å². The summed E-state index contributed by atoms with van der Waals surface area (Å²) in [7, 11) is 2.08. The van der Waals surface area contributed by atoms with Crippen molar-refractivity contribution in [2.24, 2.45) is 7.05 Å². The molecule has 0 spiro atoms. The van der Waals surface area contributed by atoms with E-state index in [0.29, 0.717) is 12.2 Å². The van der Waals surface area contributed by atoms with E-state index in [-0.39, 0.29) is 5.70 Å². The Labute approximate surface area is 160 Å². The van der Waals surface area contributed by atoms with Gasteiger partial charge in [0.15, 0.2) is 0 Å². The molecule has 4 heteroatoms. The Bertz CT molecular complexity index is 1080. The summed E-state index contributed by atoms with van der Waals surface area (Å²) >= 11 is 0.